The van der Waals surface area contributed by atoms with Crippen LogP contribution in [0.25, 0.3) is 12.2 Å². The molecule has 0 spiro atoms. The number of carbonyl (C=O) groups is 2. The van der Waals surface area contributed by atoms with Crippen molar-refractivity contribution >= 4 is 24.0 Å². The van der Waals surface area contributed by atoms with Crippen LogP contribution < -0.4 is 5.32 Å². The molecule has 1 saturated heterocycles. The molecule has 0 bridgehead atoms. The molecule has 2 aliphatic rings. The van der Waals surface area contributed by atoms with Gasteiger partial charge in [-0.3, -0.25) is 4.79 Å². The molecule has 0 unspecified atom stereocenters. The smallest absolute Gasteiger partial charge is 0.316 e. The number of rotatable bonds is 3. The minimum absolute atomic E-state index is 0.0444. The fraction of sp³-hybridized carbons (Fsp3) is 0.286. The molecule has 0 radical (unpaired) electrons. The van der Waals surface area contributed by atoms with Crippen molar-refractivity contribution in [3.8, 4) is 0 Å². The summed E-state index contributed by atoms with van der Waals surface area (Å²) in [4.78, 5) is 28.2. The number of nitrogens with zero attached hydrogens (tertiary/aromatic N) is 2. The van der Waals surface area contributed by atoms with Gasteiger partial charge in [-0.15, -0.1) is 0 Å². The van der Waals surface area contributed by atoms with E-state index in [1.54, 1.807) is 56.3 Å². The van der Waals surface area contributed by atoms with Crippen molar-refractivity contribution in [3.63, 3.8) is 0 Å². The number of benzene rings is 2. The lowest BCUT2D eigenvalue weighted by Crippen LogP contribution is -2.52. The normalized spacial score (nSPS) is 21.7. The van der Waals surface area contributed by atoms with E-state index in [1.165, 1.54) is 34.2 Å². The Hall–Kier alpha value is -3.62. The van der Waals surface area contributed by atoms with Gasteiger partial charge in [-0.1, -0.05) is 24.3 Å². The second-order valence-corrected chi connectivity index (χ2v) is 10.1. The van der Waals surface area contributed by atoms with E-state index in [0.29, 0.717) is 28.0 Å². The summed E-state index contributed by atoms with van der Waals surface area (Å²) >= 11 is 0. The number of urea groups is 1. The molecule has 8 heteroatoms. The fourth-order valence-corrected chi connectivity index (χ4v) is 4.51. The zero-order valence-electron chi connectivity index (χ0n) is 20.7. The predicted octanol–water partition coefficient (Wildman–Crippen LogP) is 5.17. The van der Waals surface area contributed by atoms with E-state index in [1.807, 2.05) is 13.8 Å². The van der Waals surface area contributed by atoms with Gasteiger partial charge in [-0.2, -0.15) is 5.06 Å². The minimum Gasteiger partial charge on any atom is -0.316 e. The Kier molecular flexibility index (Phi) is 6.68. The molecule has 0 saturated carbocycles. The fourth-order valence-electron chi connectivity index (χ4n) is 4.51. The van der Waals surface area contributed by atoms with Crippen LogP contribution in [0.4, 0.5) is 13.6 Å². The highest BCUT2D eigenvalue weighted by atomic mass is 19.1. The summed E-state index contributed by atoms with van der Waals surface area (Å²) in [6.07, 6.45) is 5.07. The molecule has 0 aromatic heterocycles. The lowest BCUT2D eigenvalue weighted by Gasteiger charge is -2.36. The second-order valence-electron chi connectivity index (χ2n) is 10.1. The molecule has 36 heavy (non-hydrogen) atoms. The Morgan fingerprint density at radius 1 is 0.889 bits per heavy atom. The first-order valence-corrected chi connectivity index (χ1v) is 11.6. The predicted molar refractivity (Wildman–Crippen MR) is 134 cm³/mol. The van der Waals surface area contributed by atoms with E-state index in [0.717, 1.165) is 0 Å². The van der Waals surface area contributed by atoms with E-state index in [4.69, 9.17) is 0 Å². The molecule has 4 rings (SSSR count). The Morgan fingerprint density at radius 3 is 1.72 bits per heavy atom. The zero-order chi connectivity index (χ0) is 26.3. The highest BCUT2D eigenvalue weighted by Crippen LogP contribution is 2.37. The number of piperidine rings is 1. The van der Waals surface area contributed by atoms with Gasteiger partial charge in [0.05, 0.1) is 24.2 Å². The number of hydrogen-bond donors (Lipinski definition) is 2. The Bertz CT molecular complexity index is 1210. The number of hydroxylamine groups is 2. The van der Waals surface area contributed by atoms with Crippen LogP contribution in [0.3, 0.4) is 0 Å². The van der Waals surface area contributed by atoms with Crippen LogP contribution in [-0.4, -0.2) is 51.2 Å². The summed E-state index contributed by atoms with van der Waals surface area (Å²) in [6, 6.07) is 11.0. The summed E-state index contributed by atoms with van der Waals surface area (Å²) < 4.78 is 26.7. The largest absolute Gasteiger partial charge is 0.322 e. The number of carbonyl (C=O) groups excluding carboxylic acids is 2. The Labute approximate surface area is 209 Å². The minimum atomic E-state index is -0.829. The van der Waals surface area contributed by atoms with Gasteiger partial charge in [0.1, 0.15) is 11.6 Å². The second kappa shape index (κ2) is 9.44. The van der Waals surface area contributed by atoms with Crippen LogP contribution in [0.2, 0.25) is 0 Å². The van der Waals surface area contributed by atoms with Gasteiger partial charge >= 0.3 is 6.03 Å². The van der Waals surface area contributed by atoms with Crippen LogP contribution in [0.1, 0.15) is 38.8 Å². The number of ketones is 1. The van der Waals surface area contributed by atoms with Crippen LogP contribution in [0, 0.1) is 11.6 Å². The monoisotopic (exact) mass is 493 g/mol. The standard InChI is InChI=1S/C28H29F2N3O3/c1-27(2)15-24(28(3,4)33(27)36)31-26(35)32-16-20(13-18-5-9-22(29)10-6-18)25(34)21(17-32)14-19-7-11-23(30)12-8-19/h5-15,36H,16-17H2,1-4H3,(H,31,35)/b20-13+,21-14+. The molecule has 2 aromatic carbocycles. The molecular formula is C28H29F2N3O3. The average Bonchev–Trinajstić information content (AvgIpc) is 2.97. The molecule has 0 atom stereocenters. The van der Waals surface area contributed by atoms with Crippen molar-refractivity contribution in [1.29, 1.82) is 0 Å². The highest BCUT2D eigenvalue weighted by molar-refractivity contribution is 6.15. The van der Waals surface area contributed by atoms with Gasteiger partial charge in [0.25, 0.3) is 0 Å². The molecule has 2 amide bonds. The molecular weight excluding hydrogens is 464 g/mol. The number of hydrogen-bond acceptors (Lipinski definition) is 4. The summed E-state index contributed by atoms with van der Waals surface area (Å²) in [5.41, 5.74) is 1.02. The van der Waals surface area contributed by atoms with Gasteiger partial charge in [0.15, 0.2) is 5.78 Å². The van der Waals surface area contributed by atoms with E-state index in [9.17, 15) is 23.6 Å². The number of likely N-dealkylation sites (tertiary alicyclic amines) is 1. The molecule has 6 nitrogen and oxygen atoms in total. The molecule has 1 fully saturated rings. The van der Waals surface area contributed by atoms with Crippen molar-refractivity contribution in [2.24, 2.45) is 0 Å². The van der Waals surface area contributed by atoms with Crippen molar-refractivity contribution in [3.05, 3.63) is 94.2 Å². The lowest BCUT2D eigenvalue weighted by molar-refractivity contribution is -0.185. The van der Waals surface area contributed by atoms with Gasteiger partial charge in [-0.25, -0.2) is 13.6 Å². The topological polar surface area (TPSA) is 72.9 Å². The summed E-state index contributed by atoms with van der Waals surface area (Å²) in [7, 11) is 0. The lowest BCUT2D eigenvalue weighted by atomic mass is 9.94. The number of halogens is 2. The van der Waals surface area contributed by atoms with Crippen molar-refractivity contribution < 1.29 is 23.6 Å². The van der Waals surface area contributed by atoms with E-state index in [-0.39, 0.29) is 18.9 Å². The van der Waals surface area contributed by atoms with Crippen LogP contribution >= 0.6 is 0 Å². The van der Waals surface area contributed by atoms with Gasteiger partial charge in [0, 0.05) is 16.8 Å². The molecule has 2 heterocycles. The van der Waals surface area contributed by atoms with E-state index >= 15 is 0 Å². The van der Waals surface area contributed by atoms with Gasteiger partial charge < -0.3 is 15.4 Å². The summed E-state index contributed by atoms with van der Waals surface area (Å²) in [5.74, 6) is -1.02. The van der Waals surface area contributed by atoms with E-state index < -0.39 is 28.7 Å². The third kappa shape index (κ3) is 5.15. The van der Waals surface area contributed by atoms with Gasteiger partial charge in [-0.05, 0) is 81.3 Å². The molecule has 188 valence electrons. The molecule has 2 N–H and O–H groups in total. The first kappa shape index (κ1) is 25.5. The van der Waals surface area contributed by atoms with Gasteiger partial charge in [0.2, 0.25) is 0 Å². The van der Waals surface area contributed by atoms with E-state index in [2.05, 4.69) is 5.32 Å². The summed E-state index contributed by atoms with van der Waals surface area (Å²) in [5, 5.41) is 14.7. The maximum Gasteiger partial charge on any atom is 0.322 e. The van der Waals surface area contributed by atoms with Crippen LogP contribution in [-0.2, 0) is 4.79 Å². The molecule has 2 aromatic rings. The van der Waals surface area contributed by atoms with Crippen molar-refractivity contribution in [2.45, 2.75) is 38.8 Å². The van der Waals surface area contributed by atoms with Crippen molar-refractivity contribution in [1.82, 2.24) is 15.3 Å². The molecule has 2 aliphatic heterocycles. The van der Waals surface area contributed by atoms with Crippen LogP contribution in [0.5, 0.6) is 0 Å². The van der Waals surface area contributed by atoms with Crippen molar-refractivity contribution in [2.75, 3.05) is 13.1 Å². The number of nitrogens with one attached hydrogen (secondary N) is 1. The number of Topliss-reactive ketones (excluding diaryl/α,β-unsaturated/α-hetero) is 1. The highest BCUT2D eigenvalue weighted by Gasteiger charge is 2.46. The molecule has 0 aliphatic carbocycles. The first-order valence-electron chi connectivity index (χ1n) is 11.6. The number of amides is 2. The average molecular weight is 494 g/mol. The quantitative estimate of drug-likeness (QED) is 0.579. The maximum absolute atomic E-state index is 13.4. The SMILES string of the molecule is CC1(C)C=C(NC(=O)N2C/C(=C\c3ccc(F)cc3)C(=O)/C(=C/c3ccc(F)cc3)C2)C(C)(C)N1O. The zero-order valence-corrected chi connectivity index (χ0v) is 20.7. The Morgan fingerprint density at radius 2 is 1.33 bits per heavy atom. The third-order valence-electron chi connectivity index (χ3n) is 6.49. The first-order chi connectivity index (χ1) is 16.9. The third-order valence-corrected chi connectivity index (χ3v) is 6.49. The van der Waals surface area contributed by atoms with Crippen LogP contribution in [0.15, 0.2) is 71.5 Å². The Balaban J connectivity index is 1.66. The maximum atomic E-state index is 13.4. The summed E-state index contributed by atoms with van der Waals surface area (Å²) in [6.45, 7) is 7.35.